The molecule has 27 heavy (non-hydrogen) atoms. The van der Waals surface area contributed by atoms with Crippen molar-refractivity contribution < 1.29 is 22.7 Å². The van der Waals surface area contributed by atoms with E-state index in [0.29, 0.717) is 45.3 Å². The third-order valence-corrected chi connectivity index (χ3v) is 7.33. The molecule has 2 saturated heterocycles. The fourth-order valence-electron chi connectivity index (χ4n) is 3.86. The Morgan fingerprint density at radius 2 is 1.67 bits per heavy atom. The van der Waals surface area contributed by atoms with Gasteiger partial charge in [-0.1, -0.05) is 18.2 Å². The summed E-state index contributed by atoms with van der Waals surface area (Å²) in [4.78, 5) is 26.6. The van der Waals surface area contributed by atoms with Crippen LogP contribution in [0, 0.1) is 11.8 Å². The normalized spacial score (nSPS) is 22.4. The van der Waals surface area contributed by atoms with Crippen molar-refractivity contribution in [1.82, 2.24) is 9.21 Å². The lowest BCUT2D eigenvalue weighted by molar-refractivity contribution is -0.149. The van der Waals surface area contributed by atoms with Gasteiger partial charge in [-0.25, -0.2) is 8.42 Å². The molecule has 3 rings (SSSR count). The van der Waals surface area contributed by atoms with Crippen LogP contribution in [0.5, 0.6) is 0 Å². The molecule has 0 aromatic heterocycles. The van der Waals surface area contributed by atoms with Gasteiger partial charge in [0.1, 0.15) is 0 Å². The van der Waals surface area contributed by atoms with Gasteiger partial charge >= 0.3 is 5.97 Å². The minimum atomic E-state index is -3.58. The number of rotatable bonds is 4. The Morgan fingerprint density at radius 1 is 1.00 bits per heavy atom. The van der Waals surface area contributed by atoms with Crippen molar-refractivity contribution >= 4 is 21.9 Å². The molecule has 0 aliphatic carbocycles. The summed E-state index contributed by atoms with van der Waals surface area (Å²) < 4.78 is 31.9. The van der Waals surface area contributed by atoms with E-state index < -0.39 is 10.0 Å². The molecule has 2 heterocycles. The maximum atomic E-state index is 12.9. The van der Waals surface area contributed by atoms with Crippen molar-refractivity contribution in [2.24, 2.45) is 11.8 Å². The minimum absolute atomic E-state index is 0.00808. The van der Waals surface area contributed by atoms with Crippen LogP contribution < -0.4 is 0 Å². The number of sulfonamides is 1. The third-order valence-electron chi connectivity index (χ3n) is 5.46. The van der Waals surface area contributed by atoms with Gasteiger partial charge in [-0.2, -0.15) is 4.31 Å². The SMILES string of the molecule is COC(=O)C1CCN(C(=O)[C@@H]2CCCN(S(=O)(=O)c3ccccc3)C2)CC1. The van der Waals surface area contributed by atoms with Gasteiger partial charge in [0, 0.05) is 26.2 Å². The van der Waals surface area contributed by atoms with E-state index in [2.05, 4.69) is 0 Å². The van der Waals surface area contributed by atoms with Crippen molar-refractivity contribution in [2.45, 2.75) is 30.6 Å². The Labute approximate surface area is 160 Å². The monoisotopic (exact) mass is 394 g/mol. The molecule has 148 valence electrons. The molecule has 0 N–H and O–H groups in total. The summed E-state index contributed by atoms with van der Waals surface area (Å²) in [5.74, 6) is -0.710. The fraction of sp³-hybridized carbons (Fsp3) is 0.579. The summed E-state index contributed by atoms with van der Waals surface area (Å²) >= 11 is 0. The minimum Gasteiger partial charge on any atom is -0.469 e. The molecule has 0 spiro atoms. The van der Waals surface area contributed by atoms with E-state index in [0.717, 1.165) is 0 Å². The lowest BCUT2D eigenvalue weighted by atomic mass is 9.93. The van der Waals surface area contributed by atoms with Crippen LogP contribution in [0.4, 0.5) is 0 Å². The second kappa shape index (κ2) is 8.39. The van der Waals surface area contributed by atoms with Crippen molar-refractivity contribution in [3.05, 3.63) is 30.3 Å². The summed E-state index contributed by atoms with van der Waals surface area (Å²) in [6.45, 7) is 1.68. The highest BCUT2D eigenvalue weighted by atomic mass is 32.2. The van der Waals surface area contributed by atoms with Crippen LogP contribution in [0.25, 0.3) is 0 Å². The smallest absolute Gasteiger partial charge is 0.308 e. The molecule has 0 saturated carbocycles. The van der Waals surface area contributed by atoms with E-state index in [1.807, 2.05) is 0 Å². The van der Waals surface area contributed by atoms with Gasteiger partial charge in [0.15, 0.2) is 0 Å². The summed E-state index contributed by atoms with van der Waals surface area (Å²) in [6, 6.07) is 8.34. The summed E-state index contributed by atoms with van der Waals surface area (Å²) in [6.07, 6.45) is 2.55. The van der Waals surface area contributed by atoms with E-state index >= 15 is 0 Å². The van der Waals surface area contributed by atoms with Crippen LogP contribution in [-0.2, 0) is 24.3 Å². The van der Waals surface area contributed by atoms with Gasteiger partial charge in [-0.05, 0) is 37.8 Å². The highest BCUT2D eigenvalue weighted by molar-refractivity contribution is 7.89. The van der Waals surface area contributed by atoms with Gasteiger partial charge in [0.25, 0.3) is 0 Å². The molecule has 2 aliphatic heterocycles. The van der Waals surface area contributed by atoms with Crippen LogP contribution in [0.1, 0.15) is 25.7 Å². The number of likely N-dealkylation sites (tertiary alicyclic amines) is 1. The number of hydrogen-bond acceptors (Lipinski definition) is 5. The van der Waals surface area contributed by atoms with Crippen LogP contribution in [-0.4, -0.2) is 62.8 Å². The summed E-state index contributed by atoms with van der Waals surface area (Å²) in [7, 11) is -2.20. The molecule has 1 amide bonds. The molecular weight excluding hydrogens is 368 g/mol. The standard InChI is InChI=1S/C19H26N2O5S/c1-26-19(23)15-9-12-20(13-10-15)18(22)16-6-5-11-21(14-16)27(24,25)17-7-3-2-4-8-17/h2-4,7-8,15-16H,5-6,9-14H2,1H3/t16-/m1/s1. The van der Waals surface area contributed by atoms with Crippen molar-refractivity contribution in [2.75, 3.05) is 33.3 Å². The number of carbonyl (C=O) groups excluding carboxylic acids is 2. The average molecular weight is 394 g/mol. The largest absolute Gasteiger partial charge is 0.469 e. The number of carbonyl (C=O) groups is 2. The van der Waals surface area contributed by atoms with E-state index in [4.69, 9.17) is 4.74 Å². The molecule has 7 nitrogen and oxygen atoms in total. The van der Waals surface area contributed by atoms with Crippen LogP contribution in [0.3, 0.4) is 0 Å². The lowest BCUT2D eigenvalue weighted by Crippen LogP contribution is -2.49. The maximum absolute atomic E-state index is 12.9. The Kier molecular flexibility index (Phi) is 6.16. The molecule has 0 radical (unpaired) electrons. The molecule has 1 aromatic rings. The maximum Gasteiger partial charge on any atom is 0.308 e. The zero-order valence-corrected chi connectivity index (χ0v) is 16.4. The first-order chi connectivity index (χ1) is 12.9. The summed E-state index contributed by atoms with van der Waals surface area (Å²) in [5.41, 5.74) is 0. The second-order valence-corrected chi connectivity index (χ2v) is 9.08. The zero-order chi connectivity index (χ0) is 19.4. The topological polar surface area (TPSA) is 84.0 Å². The van der Waals surface area contributed by atoms with Gasteiger partial charge in [0.05, 0.1) is 23.8 Å². The van der Waals surface area contributed by atoms with Crippen molar-refractivity contribution in [3.63, 3.8) is 0 Å². The Morgan fingerprint density at radius 3 is 2.30 bits per heavy atom. The fourth-order valence-corrected chi connectivity index (χ4v) is 5.41. The highest BCUT2D eigenvalue weighted by Gasteiger charge is 2.36. The molecule has 0 unspecified atom stereocenters. The number of piperidine rings is 2. The number of esters is 1. The van der Waals surface area contributed by atoms with E-state index in [1.54, 1.807) is 35.2 Å². The molecule has 1 atom stereocenters. The van der Waals surface area contributed by atoms with Crippen LogP contribution in [0.15, 0.2) is 35.2 Å². The van der Waals surface area contributed by atoms with Crippen LogP contribution >= 0.6 is 0 Å². The number of methoxy groups -OCH3 is 1. The highest BCUT2D eigenvalue weighted by Crippen LogP contribution is 2.27. The molecule has 8 heteroatoms. The van der Waals surface area contributed by atoms with E-state index in [1.165, 1.54) is 11.4 Å². The Hall–Kier alpha value is -1.93. The number of benzene rings is 1. The first-order valence-electron chi connectivity index (χ1n) is 9.35. The quantitative estimate of drug-likeness (QED) is 0.723. The first kappa shape index (κ1) is 19.8. The van der Waals surface area contributed by atoms with Crippen molar-refractivity contribution in [1.29, 1.82) is 0 Å². The number of hydrogen-bond donors (Lipinski definition) is 0. The predicted octanol–water partition coefficient (Wildman–Crippen LogP) is 1.50. The zero-order valence-electron chi connectivity index (χ0n) is 15.5. The second-order valence-electron chi connectivity index (χ2n) is 7.14. The number of nitrogens with zero attached hydrogens (tertiary/aromatic N) is 2. The number of amides is 1. The third kappa shape index (κ3) is 4.32. The first-order valence-corrected chi connectivity index (χ1v) is 10.8. The van der Waals surface area contributed by atoms with Gasteiger partial charge in [-0.15, -0.1) is 0 Å². The Balaban J connectivity index is 1.63. The van der Waals surface area contributed by atoms with Gasteiger partial charge in [0.2, 0.25) is 15.9 Å². The van der Waals surface area contributed by atoms with E-state index in [-0.39, 0.29) is 35.2 Å². The molecule has 2 aliphatic rings. The summed E-state index contributed by atoms with van der Waals surface area (Å²) in [5, 5.41) is 0. The predicted molar refractivity (Wildman–Crippen MR) is 99.2 cm³/mol. The van der Waals surface area contributed by atoms with Gasteiger partial charge < -0.3 is 9.64 Å². The molecular formula is C19H26N2O5S. The number of ether oxygens (including phenoxy) is 1. The van der Waals surface area contributed by atoms with Gasteiger partial charge in [-0.3, -0.25) is 9.59 Å². The lowest BCUT2D eigenvalue weighted by Gasteiger charge is -2.37. The molecule has 2 fully saturated rings. The Bertz CT molecular complexity index is 773. The average Bonchev–Trinajstić information content (AvgIpc) is 2.73. The van der Waals surface area contributed by atoms with E-state index in [9.17, 15) is 18.0 Å². The van der Waals surface area contributed by atoms with Crippen LogP contribution in [0.2, 0.25) is 0 Å². The van der Waals surface area contributed by atoms with Crippen molar-refractivity contribution in [3.8, 4) is 0 Å². The molecule has 1 aromatic carbocycles. The molecule has 0 bridgehead atoms.